The number of aliphatic hydroxyl groups excluding tert-OH is 1. The smallest absolute Gasteiger partial charge is 0.405 e. The van der Waals surface area contributed by atoms with E-state index < -0.39 is 18.1 Å². The van der Waals surface area contributed by atoms with Crippen LogP contribution >= 0.6 is 0 Å². The number of rotatable bonds is 7. The summed E-state index contributed by atoms with van der Waals surface area (Å²) in [5.41, 5.74) is 5.74. The number of methoxy groups -OCH3 is 1. The summed E-state index contributed by atoms with van der Waals surface area (Å²) in [6, 6.07) is 6.92. The van der Waals surface area contributed by atoms with Crippen molar-refractivity contribution in [1.29, 1.82) is 0 Å². The number of carbonyl (C=O) groups excluding carboxylic acids is 2. The van der Waals surface area contributed by atoms with E-state index in [4.69, 9.17) is 15.6 Å². The van der Waals surface area contributed by atoms with Crippen LogP contribution < -0.4 is 15.8 Å². The van der Waals surface area contributed by atoms with E-state index in [1.165, 1.54) is 0 Å². The molecule has 0 aliphatic heterocycles. The first-order valence-electron chi connectivity index (χ1n) is 6.49. The number of carbonyl (C=O) groups is 2. The van der Waals surface area contributed by atoms with Gasteiger partial charge in [-0.15, -0.1) is 0 Å². The fourth-order valence-electron chi connectivity index (χ4n) is 1.80. The van der Waals surface area contributed by atoms with Crippen molar-refractivity contribution in [1.82, 2.24) is 5.32 Å². The van der Waals surface area contributed by atoms with Gasteiger partial charge in [-0.2, -0.15) is 0 Å². The van der Waals surface area contributed by atoms with Gasteiger partial charge >= 0.3 is 6.09 Å². The third-order valence-electron chi connectivity index (χ3n) is 2.89. The van der Waals surface area contributed by atoms with Gasteiger partial charge in [0.25, 0.3) is 5.91 Å². The minimum absolute atomic E-state index is 0.0143. The summed E-state index contributed by atoms with van der Waals surface area (Å²) in [4.78, 5) is 22.8. The molecule has 21 heavy (non-hydrogen) atoms. The molecule has 0 bridgehead atoms. The molecule has 0 radical (unpaired) electrons. The Labute approximate surface area is 123 Å². The molecule has 0 aromatic heterocycles. The first-order chi connectivity index (χ1) is 9.97. The number of hydrogen-bond acceptors (Lipinski definition) is 5. The maximum atomic E-state index is 12.0. The molecule has 2 atom stereocenters. The predicted molar refractivity (Wildman–Crippen MR) is 75.7 cm³/mol. The summed E-state index contributed by atoms with van der Waals surface area (Å²) in [7, 11) is 1.56. The van der Waals surface area contributed by atoms with Crippen molar-refractivity contribution in [3.8, 4) is 5.75 Å². The van der Waals surface area contributed by atoms with Crippen LogP contribution in [0.5, 0.6) is 5.75 Å². The molecule has 0 saturated heterocycles. The van der Waals surface area contributed by atoms with Crippen LogP contribution in [0, 0.1) is 0 Å². The van der Waals surface area contributed by atoms with Gasteiger partial charge in [0.15, 0.2) is 6.10 Å². The van der Waals surface area contributed by atoms with E-state index in [1.807, 2.05) is 12.1 Å². The molecule has 1 rings (SSSR count). The molecule has 0 fully saturated rings. The van der Waals surface area contributed by atoms with E-state index in [1.54, 1.807) is 26.2 Å². The van der Waals surface area contributed by atoms with Crippen LogP contribution in [-0.2, 0) is 9.53 Å². The second kappa shape index (κ2) is 8.11. The van der Waals surface area contributed by atoms with E-state index in [-0.39, 0.29) is 19.1 Å². The molecule has 1 aromatic carbocycles. The number of benzene rings is 1. The van der Waals surface area contributed by atoms with Gasteiger partial charge < -0.3 is 25.6 Å². The highest BCUT2D eigenvalue weighted by atomic mass is 16.6. The maximum absolute atomic E-state index is 12.0. The van der Waals surface area contributed by atoms with E-state index >= 15 is 0 Å². The fraction of sp³-hybridized carbons (Fsp3) is 0.429. The minimum Gasteiger partial charge on any atom is -0.497 e. The minimum atomic E-state index is -1.11. The number of primary amides is 1. The lowest BCUT2D eigenvalue weighted by atomic mass is 10.1. The van der Waals surface area contributed by atoms with Gasteiger partial charge in [0.2, 0.25) is 0 Å². The molecule has 1 aromatic rings. The number of aliphatic hydroxyl groups is 1. The van der Waals surface area contributed by atoms with Gasteiger partial charge in [0.1, 0.15) is 5.75 Å². The van der Waals surface area contributed by atoms with Gasteiger partial charge in [-0.05, 0) is 24.6 Å². The zero-order chi connectivity index (χ0) is 15.8. The third-order valence-corrected chi connectivity index (χ3v) is 2.89. The normalized spacial score (nSPS) is 13.1. The van der Waals surface area contributed by atoms with E-state index in [0.29, 0.717) is 5.75 Å². The van der Waals surface area contributed by atoms with E-state index in [0.717, 1.165) is 5.56 Å². The number of nitrogens with two attached hydrogens (primary N) is 1. The molecule has 0 saturated carbocycles. The van der Waals surface area contributed by atoms with Crippen molar-refractivity contribution in [3.63, 3.8) is 0 Å². The monoisotopic (exact) mass is 296 g/mol. The Kier molecular flexibility index (Phi) is 6.48. The summed E-state index contributed by atoms with van der Waals surface area (Å²) >= 11 is 0. The molecular weight excluding hydrogens is 276 g/mol. The molecule has 0 spiro atoms. The Morgan fingerprint density at radius 2 is 2.14 bits per heavy atom. The average Bonchev–Trinajstić information content (AvgIpc) is 2.46. The topological polar surface area (TPSA) is 111 Å². The Morgan fingerprint density at radius 3 is 2.71 bits per heavy atom. The molecule has 7 heteroatoms. The van der Waals surface area contributed by atoms with Crippen LogP contribution in [0.2, 0.25) is 0 Å². The lowest BCUT2D eigenvalue weighted by Crippen LogP contribution is -2.40. The molecule has 116 valence electrons. The number of ether oxygens (including phenoxy) is 2. The van der Waals surface area contributed by atoms with Crippen molar-refractivity contribution < 1.29 is 24.2 Å². The van der Waals surface area contributed by atoms with Crippen LogP contribution in [0.25, 0.3) is 0 Å². The molecular formula is C14H20N2O5. The SMILES string of the molecule is COc1cccc(C(C)NC(=O)C(CCO)OC(N)=O)c1. The zero-order valence-electron chi connectivity index (χ0n) is 12.0. The van der Waals surface area contributed by atoms with Gasteiger partial charge in [0.05, 0.1) is 13.2 Å². The van der Waals surface area contributed by atoms with E-state index in [9.17, 15) is 9.59 Å². The summed E-state index contributed by atoms with van der Waals surface area (Å²) in [5.74, 6) is 0.159. The van der Waals surface area contributed by atoms with Crippen LogP contribution in [-0.4, -0.2) is 36.9 Å². The Hall–Kier alpha value is -2.28. The van der Waals surface area contributed by atoms with Crippen LogP contribution in [0.15, 0.2) is 24.3 Å². The Balaban J connectivity index is 2.72. The molecule has 4 N–H and O–H groups in total. The van der Waals surface area contributed by atoms with Crippen LogP contribution in [0.1, 0.15) is 24.9 Å². The lowest BCUT2D eigenvalue weighted by molar-refractivity contribution is -0.130. The quantitative estimate of drug-likeness (QED) is 0.686. The van der Waals surface area contributed by atoms with Gasteiger partial charge in [0, 0.05) is 13.0 Å². The number of hydrogen-bond donors (Lipinski definition) is 3. The number of amides is 2. The van der Waals surface area contributed by atoms with Gasteiger partial charge in [-0.25, -0.2) is 4.79 Å². The highest BCUT2D eigenvalue weighted by Gasteiger charge is 2.23. The first-order valence-corrected chi connectivity index (χ1v) is 6.49. The van der Waals surface area contributed by atoms with Gasteiger partial charge in [-0.1, -0.05) is 12.1 Å². The molecule has 0 heterocycles. The first kappa shape index (κ1) is 16.8. The number of nitrogens with one attached hydrogen (secondary N) is 1. The average molecular weight is 296 g/mol. The lowest BCUT2D eigenvalue weighted by Gasteiger charge is -2.20. The highest BCUT2D eigenvalue weighted by Crippen LogP contribution is 2.19. The maximum Gasteiger partial charge on any atom is 0.405 e. The molecule has 0 aliphatic rings. The summed E-state index contributed by atoms with van der Waals surface area (Å²) in [6.07, 6.45) is -2.18. The third kappa shape index (κ3) is 5.31. The summed E-state index contributed by atoms with van der Waals surface area (Å²) < 4.78 is 9.79. The van der Waals surface area contributed by atoms with Crippen LogP contribution in [0.4, 0.5) is 4.79 Å². The molecule has 2 amide bonds. The Morgan fingerprint density at radius 1 is 1.43 bits per heavy atom. The van der Waals surface area contributed by atoms with Gasteiger partial charge in [-0.3, -0.25) is 4.79 Å². The largest absolute Gasteiger partial charge is 0.497 e. The Bertz CT molecular complexity index is 492. The second-order valence-electron chi connectivity index (χ2n) is 4.44. The fourth-order valence-corrected chi connectivity index (χ4v) is 1.80. The predicted octanol–water partition coefficient (Wildman–Crippen LogP) is 0.719. The summed E-state index contributed by atoms with van der Waals surface area (Å²) in [6.45, 7) is 1.49. The van der Waals surface area contributed by atoms with Crippen molar-refractivity contribution in [3.05, 3.63) is 29.8 Å². The molecule has 7 nitrogen and oxygen atoms in total. The van der Waals surface area contributed by atoms with Crippen molar-refractivity contribution in [2.24, 2.45) is 5.73 Å². The van der Waals surface area contributed by atoms with Crippen molar-refractivity contribution >= 4 is 12.0 Å². The zero-order valence-corrected chi connectivity index (χ0v) is 12.0. The standard InChI is InChI=1S/C14H20N2O5/c1-9(10-4-3-5-11(8-10)20-2)16-13(18)12(6-7-17)21-14(15)19/h3-5,8-9,12,17H,6-7H2,1-2H3,(H2,15,19)(H,16,18). The van der Waals surface area contributed by atoms with E-state index in [2.05, 4.69) is 10.1 Å². The molecule has 0 aliphatic carbocycles. The summed E-state index contributed by atoms with van der Waals surface area (Å²) in [5, 5.41) is 11.6. The van der Waals surface area contributed by atoms with Crippen molar-refractivity contribution in [2.45, 2.75) is 25.5 Å². The second-order valence-corrected chi connectivity index (χ2v) is 4.44. The van der Waals surface area contributed by atoms with Crippen LogP contribution in [0.3, 0.4) is 0 Å². The molecule has 2 unspecified atom stereocenters. The van der Waals surface area contributed by atoms with Crippen molar-refractivity contribution in [2.75, 3.05) is 13.7 Å². The highest BCUT2D eigenvalue weighted by molar-refractivity contribution is 5.83.